The van der Waals surface area contributed by atoms with Crippen molar-refractivity contribution in [3.05, 3.63) is 35.0 Å². The van der Waals surface area contributed by atoms with E-state index in [1.807, 2.05) is 0 Å². The van der Waals surface area contributed by atoms with Gasteiger partial charge in [0.2, 0.25) is 0 Å². The zero-order chi connectivity index (χ0) is 14.7. The average molecular weight is 296 g/mol. The smallest absolute Gasteiger partial charge is 0.355 e. The highest BCUT2D eigenvalue weighted by Gasteiger charge is 2.19. The van der Waals surface area contributed by atoms with Crippen LogP contribution in [0.5, 0.6) is 0 Å². The summed E-state index contributed by atoms with van der Waals surface area (Å²) in [6.45, 7) is 2.00. The lowest BCUT2D eigenvalue weighted by Crippen LogP contribution is -2.08. The molecule has 106 valence electrons. The van der Waals surface area contributed by atoms with E-state index in [1.165, 1.54) is 6.07 Å². The van der Waals surface area contributed by atoms with Gasteiger partial charge in [-0.3, -0.25) is 0 Å². The predicted molar refractivity (Wildman–Crippen MR) is 75.6 cm³/mol. The number of hydrogen-bond donors (Lipinski definition) is 2. The summed E-state index contributed by atoms with van der Waals surface area (Å²) in [6.07, 6.45) is 0.457. The summed E-state index contributed by atoms with van der Waals surface area (Å²) >= 11 is 5.77. The van der Waals surface area contributed by atoms with Crippen molar-refractivity contribution in [3.63, 3.8) is 0 Å². The normalized spacial score (nSPS) is 10.7. The second kappa shape index (κ2) is 5.96. The lowest BCUT2D eigenvalue weighted by Gasteiger charge is -2.03. The first-order valence-corrected chi connectivity index (χ1v) is 6.73. The number of carbonyl (C=O) groups excluding carboxylic acids is 1. The van der Waals surface area contributed by atoms with Gasteiger partial charge in [0, 0.05) is 16.8 Å². The number of esters is 1. The molecule has 0 aliphatic heterocycles. The van der Waals surface area contributed by atoms with Crippen LogP contribution < -0.4 is 0 Å². The minimum Gasteiger partial charge on any atom is -0.478 e. The molecule has 5 nitrogen and oxygen atoms in total. The lowest BCUT2D eigenvalue weighted by atomic mass is 10.1. The maximum atomic E-state index is 11.9. The Morgan fingerprint density at radius 2 is 2.15 bits per heavy atom. The topological polar surface area (TPSA) is 79.4 Å². The van der Waals surface area contributed by atoms with Gasteiger partial charge in [-0.05, 0) is 37.1 Å². The molecule has 0 aliphatic carbocycles. The summed E-state index contributed by atoms with van der Waals surface area (Å²) in [6, 6.07) is 4.67. The van der Waals surface area contributed by atoms with E-state index in [9.17, 15) is 9.59 Å². The Bertz CT molecular complexity index is 662. The molecule has 0 fully saturated rings. The quantitative estimate of drug-likeness (QED) is 0.656. The number of halogens is 1. The summed E-state index contributed by atoms with van der Waals surface area (Å²) < 4.78 is 4.99. The molecule has 0 unspecified atom stereocenters. The number of ether oxygens (including phenoxy) is 1. The molecule has 0 amide bonds. The first kappa shape index (κ1) is 14.4. The van der Waals surface area contributed by atoms with Crippen LogP contribution in [0, 0.1) is 0 Å². The van der Waals surface area contributed by atoms with Crippen molar-refractivity contribution in [2.24, 2.45) is 0 Å². The zero-order valence-corrected chi connectivity index (χ0v) is 11.7. The number of benzene rings is 1. The van der Waals surface area contributed by atoms with E-state index in [2.05, 4.69) is 4.98 Å². The van der Waals surface area contributed by atoms with Gasteiger partial charge in [-0.15, -0.1) is 11.6 Å². The standard InChI is InChI=1S/C14H14ClNO4/c1-2-20-14(19)12-9(5-6-15)10-7-8(13(17)18)3-4-11(10)16-12/h3-4,7,16H,2,5-6H2,1H3,(H,17,18). The van der Waals surface area contributed by atoms with Crippen LogP contribution >= 0.6 is 11.6 Å². The lowest BCUT2D eigenvalue weighted by molar-refractivity contribution is 0.0519. The van der Waals surface area contributed by atoms with Gasteiger partial charge in [-0.1, -0.05) is 0 Å². The average Bonchev–Trinajstić information content (AvgIpc) is 2.78. The summed E-state index contributed by atoms with van der Waals surface area (Å²) in [4.78, 5) is 25.9. The van der Waals surface area contributed by atoms with Crippen LogP contribution in [-0.2, 0) is 11.2 Å². The molecule has 0 bridgehead atoms. The molecule has 2 N–H and O–H groups in total. The maximum Gasteiger partial charge on any atom is 0.355 e. The Morgan fingerprint density at radius 1 is 1.40 bits per heavy atom. The van der Waals surface area contributed by atoms with E-state index in [0.717, 1.165) is 0 Å². The fourth-order valence-electron chi connectivity index (χ4n) is 2.11. The van der Waals surface area contributed by atoms with E-state index < -0.39 is 11.9 Å². The first-order chi connectivity index (χ1) is 9.58. The highest BCUT2D eigenvalue weighted by atomic mass is 35.5. The Kier molecular flexibility index (Phi) is 4.29. The summed E-state index contributed by atoms with van der Waals surface area (Å²) in [5.41, 5.74) is 1.89. The Balaban J connectivity index is 2.60. The number of carbonyl (C=O) groups is 2. The number of aromatic nitrogens is 1. The Hall–Kier alpha value is -2.01. The molecule has 0 aliphatic rings. The second-order valence-corrected chi connectivity index (χ2v) is 4.58. The van der Waals surface area contributed by atoms with E-state index in [4.69, 9.17) is 21.4 Å². The van der Waals surface area contributed by atoms with Gasteiger partial charge in [-0.2, -0.15) is 0 Å². The number of rotatable bonds is 5. The zero-order valence-electron chi connectivity index (χ0n) is 10.9. The number of carboxylic acids is 1. The van der Waals surface area contributed by atoms with Gasteiger partial charge in [-0.25, -0.2) is 9.59 Å². The van der Waals surface area contributed by atoms with Crippen LogP contribution in [-0.4, -0.2) is 34.5 Å². The first-order valence-electron chi connectivity index (χ1n) is 6.19. The van der Waals surface area contributed by atoms with Crippen molar-refractivity contribution in [3.8, 4) is 0 Å². The van der Waals surface area contributed by atoms with Crippen molar-refractivity contribution in [2.75, 3.05) is 12.5 Å². The number of aromatic carboxylic acids is 1. The molecule has 1 aromatic carbocycles. The summed E-state index contributed by atoms with van der Waals surface area (Å²) in [5, 5.41) is 9.73. The van der Waals surface area contributed by atoms with Crippen LogP contribution in [0.25, 0.3) is 10.9 Å². The van der Waals surface area contributed by atoms with Crippen LogP contribution in [0.2, 0.25) is 0 Å². The van der Waals surface area contributed by atoms with Gasteiger partial charge in [0.25, 0.3) is 0 Å². The number of fused-ring (bicyclic) bond motifs is 1. The number of hydrogen-bond acceptors (Lipinski definition) is 3. The molecule has 0 saturated carbocycles. The third-order valence-corrected chi connectivity index (χ3v) is 3.17. The number of H-pyrrole nitrogens is 1. The molecule has 2 aromatic rings. The number of carboxylic acid groups (broad SMARTS) is 1. The number of alkyl halides is 1. The van der Waals surface area contributed by atoms with E-state index in [1.54, 1.807) is 19.1 Å². The fourth-order valence-corrected chi connectivity index (χ4v) is 2.30. The molecule has 2 rings (SSSR count). The van der Waals surface area contributed by atoms with Crippen LogP contribution in [0.1, 0.15) is 33.3 Å². The molecule has 0 atom stereocenters. The molecule has 0 radical (unpaired) electrons. The fraction of sp³-hybridized carbons (Fsp3) is 0.286. The summed E-state index contributed by atoms with van der Waals surface area (Å²) in [5.74, 6) is -1.14. The summed E-state index contributed by atoms with van der Waals surface area (Å²) in [7, 11) is 0. The molecule has 1 aromatic heterocycles. The molecule has 20 heavy (non-hydrogen) atoms. The van der Waals surface area contributed by atoms with Crippen molar-refractivity contribution in [1.29, 1.82) is 0 Å². The second-order valence-electron chi connectivity index (χ2n) is 4.20. The SMILES string of the molecule is CCOC(=O)c1[nH]c2ccc(C(=O)O)cc2c1CCCl. The molecule has 6 heteroatoms. The third kappa shape index (κ3) is 2.63. The molecule has 1 heterocycles. The highest BCUT2D eigenvalue weighted by molar-refractivity contribution is 6.18. The molecule has 0 spiro atoms. The molecule has 0 saturated heterocycles. The van der Waals surface area contributed by atoms with Crippen LogP contribution in [0.3, 0.4) is 0 Å². The van der Waals surface area contributed by atoms with E-state index in [-0.39, 0.29) is 12.2 Å². The maximum absolute atomic E-state index is 11.9. The van der Waals surface area contributed by atoms with Crippen molar-refractivity contribution >= 4 is 34.4 Å². The predicted octanol–water partition coefficient (Wildman–Crippen LogP) is 2.82. The largest absolute Gasteiger partial charge is 0.478 e. The van der Waals surface area contributed by atoms with Crippen LogP contribution in [0.15, 0.2) is 18.2 Å². The van der Waals surface area contributed by atoms with Crippen molar-refractivity contribution in [2.45, 2.75) is 13.3 Å². The third-order valence-electron chi connectivity index (χ3n) is 2.98. The highest BCUT2D eigenvalue weighted by Crippen LogP contribution is 2.25. The Morgan fingerprint density at radius 3 is 2.75 bits per heavy atom. The van der Waals surface area contributed by atoms with Gasteiger partial charge >= 0.3 is 11.9 Å². The monoisotopic (exact) mass is 295 g/mol. The van der Waals surface area contributed by atoms with E-state index >= 15 is 0 Å². The van der Waals surface area contributed by atoms with Gasteiger partial charge < -0.3 is 14.8 Å². The van der Waals surface area contributed by atoms with Crippen LogP contribution in [0.4, 0.5) is 0 Å². The minimum atomic E-state index is -1.01. The minimum absolute atomic E-state index is 0.169. The number of aromatic amines is 1. The molecular weight excluding hydrogens is 282 g/mol. The number of nitrogens with one attached hydrogen (secondary N) is 1. The van der Waals surface area contributed by atoms with E-state index in [0.29, 0.717) is 34.5 Å². The van der Waals surface area contributed by atoms with Gasteiger partial charge in [0.1, 0.15) is 5.69 Å². The molecular formula is C14H14ClNO4. The Labute approximate surface area is 120 Å². The van der Waals surface area contributed by atoms with Gasteiger partial charge in [0.15, 0.2) is 0 Å². The number of aryl methyl sites for hydroxylation is 1. The van der Waals surface area contributed by atoms with Crippen molar-refractivity contribution < 1.29 is 19.4 Å². The van der Waals surface area contributed by atoms with Gasteiger partial charge in [0.05, 0.1) is 12.2 Å². The van der Waals surface area contributed by atoms with Crippen molar-refractivity contribution in [1.82, 2.24) is 4.98 Å².